The Morgan fingerprint density at radius 3 is 2.63 bits per heavy atom. The molecule has 2 rings (SSSR count). The monoisotopic (exact) mass is 340 g/mol. The Balaban J connectivity index is 2.37. The van der Waals surface area contributed by atoms with Crippen LogP contribution in [0.5, 0.6) is 0 Å². The highest BCUT2D eigenvalue weighted by Gasteiger charge is 2.14. The molecule has 0 N–H and O–H groups in total. The zero-order valence-corrected chi connectivity index (χ0v) is 13.3. The van der Waals surface area contributed by atoms with Gasteiger partial charge in [-0.2, -0.15) is 4.98 Å². The lowest BCUT2D eigenvalue weighted by atomic mass is 10.3. The van der Waals surface area contributed by atoms with E-state index in [-0.39, 0.29) is 18.0 Å². The van der Waals surface area contributed by atoms with Crippen LogP contribution in [0.15, 0.2) is 21.4 Å². The second-order valence-electron chi connectivity index (χ2n) is 4.30. The first kappa shape index (κ1) is 14.1. The van der Waals surface area contributed by atoms with Gasteiger partial charge in [0.1, 0.15) is 0 Å². The fourth-order valence-electron chi connectivity index (χ4n) is 1.77. The normalized spacial score (nSPS) is 10.7. The van der Waals surface area contributed by atoms with E-state index in [1.807, 2.05) is 13.0 Å². The number of nitrogens with zero attached hydrogens (tertiary/aromatic N) is 2. The summed E-state index contributed by atoms with van der Waals surface area (Å²) in [7, 11) is 0. The van der Waals surface area contributed by atoms with Crippen molar-refractivity contribution in [1.29, 1.82) is 0 Å². The molecule has 0 unspecified atom stereocenters. The molecule has 0 aliphatic heterocycles. The molecule has 4 nitrogen and oxygen atoms in total. The van der Waals surface area contributed by atoms with Crippen molar-refractivity contribution in [2.24, 2.45) is 0 Å². The molecule has 2 heterocycles. The number of carbonyl (C=O) groups excluding carboxylic acids is 1. The van der Waals surface area contributed by atoms with E-state index in [0.717, 1.165) is 15.0 Å². The number of ketones is 1. The number of rotatable bonds is 3. The molecule has 19 heavy (non-hydrogen) atoms. The molecule has 0 aliphatic carbocycles. The molecule has 2 aromatic heterocycles. The number of Topliss-reactive ketones (excluding diaryl/α,β-unsaturated/α-hetero) is 1. The first-order valence-electron chi connectivity index (χ1n) is 5.73. The maximum absolute atomic E-state index is 12.1. The van der Waals surface area contributed by atoms with Gasteiger partial charge >= 0.3 is 5.69 Å². The molecule has 0 saturated heterocycles. The minimum atomic E-state index is -0.389. The van der Waals surface area contributed by atoms with Gasteiger partial charge in [0.15, 0.2) is 5.78 Å². The first-order valence-corrected chi connectivity index (χ1v) is 7.34. The molecule has 0 spiro atoms. The summed E-state index contributed by atoms with van der Waals surface area (Å²) in [5.41, 5.74) is 0.970. The molecule has 0 aliphatic rings. The van der Waals surface area contributed by atoms with Gasteiger partial charge < -0.3 is 0 Å². The second-order valence-corrected chi connectivity index (χ2v) is 6.38. The smallest absolute Gasteiger partial charge is 0.291 e. The van der Waals surface area contributed by atoms with E-state index >= 15 is 0 Å². The van der Waals surface area contributed by atoms with Crippen LogP contribution in [0.1, 0.15) is 25.9 Å². The average Bonchev–Trinajstić information content (AvgIpc) is 2.78. The molecule has 6 heteroatoms. The van der Waals surface area contributed by atoms with Crippen LogP contribution in [0.25, 0.3) is 0 Å². The summed E-state index contributed by atoms with van der Waals surface area (Å²) < 4.78 is 2.16. The molecule has 0 fully saturated rings. The number of aromatic nitrogens is 2. The van der Waals surface area contributed by atoms with Crippen LogP contribution in [0.2, 0.25) is 0 Å². The summed E-state index contributed by atoms with van der Waals surface area (Å²) in [6, 6.07) is 3.69. The Kier molecular flexibility index (Phi) is 4.01. The topological polar surface area (TPSA) is 52.0 Å². The molecular formula is C13H13BrN2O2S. The van der Waals surface area contributed by atoms with Gasteiger partial charge in [-0.3, -0.25) is 9.36 Å². The van der Waals surface area contributed by atoms with Crippen molar-refractivity contribution < 1.29 is 4.79 Å². The first-order chi connectivity index (χ1) is 8.90. The van der Waals surface area contributed by atoms with Crippen LogP contribution in [0.3, 0.4) is 0 Å². The zero-order valence-electron chi connectivity index (χ0n) is 10.9. The van der Waals surface area contributed by atoms with Gasteiger partial charge in [0.05, 0.1) is 21.6 Å². The van der Waals surface area contributed by atoms with Crippen molar-refractivity contribution in [2.75, 3.05) is 0 Å². The fourth-order valence-corrected chi connectivity index (χ4v) is 2.87. The predicted octanol–water partition coefficient (Wildman–Crippen LogP) is 2.88. The van der Waals surface area contributed by atoms with E-state index in [0.29, 0.717) is 10.6 Å². The minimum absolute atomic E-state index is 0.0243. The molecule has 0 aromatic carbocycles. The number of hydrogen-bond acceptors (Lipinski definition) is 4. The Morgan fingerprint density at radius 2 is 2.05 bits per heavy atom. The highest BCUT2D eigenvalue weighted by atomic mass is 79.9. The third-order valence-electron chi connectivity index (χ3n) is 2.85. The predicted molar refractivity (Wildman–Crippen MR) is 79.1 cm³/mol. The van der Waals surface area contributed by atoms with Crippen molar-refractivity contribution >= 4 is 33.0 Å². The lowest BCUT2D eigenvalue weighted by Gasteiger charge is -2.10. The number of aryl methyl sites for hydroxylation is 2. The lowest BCUT2D eigenvalue weighted by molar-refractivity contribution is 0.0973. The van der Waals surface area contributed by atoms with Crippen LogP contribution in [-0.2, 0) is 6.54 Å². The molecule has 0 saturated carbocycles. The van der Waals surface area contributed by atoms with Crippen molar-refractivity contribution in [2.45, 2.75) is 27.3 Å². The Bertz CT molecular complexity index is 703. The SMILES string of the molecule is Cc1ccc(C(=O)Cn2c(C)c(Br)c(C)nc2=O)s1. The summed E-state index contributed by atoms with van der Waals surface area (Å²) in [4.78, 5) is 29.6. The van der Waals surface area contributed by atoms with Gasteiger partial charge in [0, 0.05) is 10.6 Å². The maximum atomic E-state index is 12.1. The summed E-state index contributed by atoms with van der Waals surface area (Å²) in [5, 5.41) is 0. The molecule has 0 atom stereocenters. The van der Waals surface area contributed by atoms with Crippen molar-refractivity contribution in [3.8, 4) is 0 Å². The van der Waals surface area contributed by atoms with Crippen LogP contribution >= 0.6 is 27.3 Å². The maximum Gasteiger partial charge on any atom is 0.348 e. The highest BCUT2D eigenvalue weighted by Crippen LogP contribution is 2.19. The van der Waals surface area contributed by atoms with E-state index in [1.54, 1.807) is 19.9 Å². The minimum Gasteiger partial charge on any atom is -0.291 e. The van der Waals surface area contributed by atoms with E-state index in [4.69, 9.17) is 0 Å². The Morgan fingerprint density at radius 1 is 1.37 bits per heavy atom. The van der Waals surface area contributed by atoms with Gasteiger partial charge in [0.25, 0.3) is 0 Å². The standard InChI is InChI=1S/C13H13BrN2O2S/c1-7-4-5-11(19-7)10(17)6-16-9(3)12(14)8(2)15-13(16)18/h4-5H,6H2,1-3H3. The van der Waals surface area contributed by atoms with E-state index < -0.39 is 0 Å². The quantitative estimate of drug-likeness (QED) is 0.807. The summed E-state index contributed by atoms with van der Waals surface area (Å²) in [6.45, 7) is 5.53. The third-order valence-corrected chi connectivity index (χ3v) is 5.04. The van der Waals surface area contributed by atoms with Gasteiger partial charge in [-0.15, -0.1) is 11.3 Å². The summed E-state index contributed by atoms with van der Waals surface area (Å²) >= 11 is 4.82. The second kappa shape index (κ2) is 5.38. The fraction of sp³-hybridized carbons (Fsp3) is 0.308. The van der Waals surface area contributed by atoms with Crippen LogP contribution in [0, 0.1) is 20.8 Å². The Hall–Kier alpha value is -1.27. The number of thiophene rings is 1. The third kappa shape index (κ3) is 2.84. The number of halogens is 1. The van der Waals surface area contributed by atoms with Gasteiger partial charge in [-0.05, 0) is 48.8 Å². The summed E-state index contributed by atoms with van der Waals surface area (Å²) in [6.07, 6.45) is 0. The van der Waals surface area contributed by atoms with E-state index in [1.165, 1.54) is 15.9 Å². The zero-order chi connectivity index (χ0) is 14.2. The largest absolute Gasteiger partial charge is 0.348 e. The van der Waals surface area contributed by atoms with E-state index in [2.05, 4.69) is 20.9 Å². The van der Waals surface area contributed by atoms with E-state index in [9.17, 15) is 9.59 Å². The summed E-state index contributed by atoms with van der Waals surface area (Å²) in [5.74, 6) is -0.0687. The van der Waals surface area contributed by atoms with Crippen molar-refractivity contribution in [1.82, 2.24) is 9.55 Å². The molecular weight excluding hydrogens is 328 g/mol. The number of hydrogen-bond donors (Lipinski definition) is 0. The molecule has 0 amide bonds. The van der Waals surface area contributed by atoms with Gasteiger partial charge in [-0.25, -0.2) is 4.79 Å². The van der Waals surface area contributed by atoms with Gasteiger partial charge in [0.2, 0.25) is 0 Å². The average molecular weight is 341 g/mol. The van der Waals surface area contributed by atoms with Crippen LogP contribution < -0.4 is 5.69 Å². The molecule has 2 aromatic rings. The molecule has 0 radical (unpaired) electrons. The molecule has 0 bridgehead atoms. The van der Waals surface area contributed by atoms with Crippen LogP contribution in [-0.4, -0.2) is 15.3 Å². The Labute approximate surface area is 123 Å². The number of carbonyl (C=O) groups is 1. The lowest BCUT2D eigenvalue weighted by Crippen LogP contribution is -2.29. The van der Waals surface area contributed by atoms with Crippen molar-refractivity contribution in [3.63, 3.8) is 0 Å². The highest BCUT2D eigenvalue weighted by molar-refractivity contribution is 9.10. The van der Waals surface area contributed by atoms with Crippen LogP contribution in [0.4, 0.5) is 0 Å². The van der Waals surface area contributed by atoms with Gasteiger partial charge in [-0.1, -0.05) is 0 Å². The molecule has 100 valence electrons. The van der Waals surface area contributed by atoms with Crippen molar-refractivity contribution in [3.05, 3.63) is 48.2 Å².